The minimum absolute atomic E-state index is 0.0815. The number of hydrogen-bond donors (Lipinski definition) is 1. The number of nitriles is 1. The van der Waals surface area contributed by atoms with Gasteiger partial charge in [0.25, 0.3) is 5.91 Å². The fourth-order valence-electron chi connectivity index (χ4n) is 3.53. The Morgan fingerprint density at radius 1 is 1.07 bits per heavy atom. The molecule has 0 bridgehead atoms. The van der Waals surface area contributed by atoms with Crippen molar-refractivity contribution in [2.24, 2.45) is 0 Å². The first kappa shape index (κ1) is 19.8. The number of nitrogens with zero attached hydrogens (tertiary/aromatic N) is 2. The van der Waals surface area contributed by atoms with E-state index >= 15 is 0 Å². The highest BCUT2D eigenvalue weighted by atomic mass is 32.2. The lowest BCUT2D eigenvalue weighted by Crippen LogP contribution is -2.26. The molecule has 1 aliphatic rings. The number of carbonyl (C=O) groups is 1. The van der Waals surface area contributed by atoms with Gasteiger partial charge in [0, 0.05) is 27.7 Å². The number of hydrogen-bond acceptors (Lipinski definition) is 4. The standard InChI is InChI=1S/C25H21N3OS/c1-18-15-19-9-5-7-13-23(19)28(18)17-20(16-26)25(29)27-22-12-6-8-14-24(22)30-21-10-3-2-4-11-21/h2-14,17-18H,15H2,1H3,(H,27,29)/b20-17-. The molecule has 4 nitrogen and oxygen atoms in total. The van der Waals surface area contributed by atoms with Crippen LogP contribution in [0.25, 0.3) is 0 Å². The molecule has 30 heavy (non-hydrogen) atoms. The summed E-state index contributed by atoms with van der Waals surface area (Å²) in [4.78, 5) is 16.9. The van der Waals surface area contributed by atoms with Crippen molar-refractivity contribution in [3.05, 3.63) is 96.2 Å². The Morgan fingerprint density at radius 3 is 2.57 bits per heavy atom. The van der Waals surface area contributed by atoms with E-state index in [1.54, 1.807) is 18.0 Å². The van der Waals surface area contributed by atoms with E-state index in [1.165, 1.54) is 5.56 Å². The molecule has 0 saturated carbocycles. The summed E-state index contributed by atoms with van der Waals surface area (Å²) in [5.41, 5.74) is 3.04. The topological polar surface area (TPSA) is 56.1 Å². The highest BCUT2D eigenvalue weighted by Gasteiger charge is 2.25. The molecule has 1 N–H and O–H groups in total. The third-order valence-corrected chi connectivity index (χ3v) is 6.08. The Kier molecular flexibility index (Phi) is 5.87. The number of amides is 1. The van der Waals surface area contributed by atoms with E-state index in [0.29, 0.717) is 5.69 Å². The van der Waals surface area contributed by atoms with Crippen molar-refractivity contribution in [1.82, 2.24) is 0 Å². The van der Waals surface area contributed by atoms with Gasteiger partial charge in [-0.2, -0.15) is 5.26 Å². The van der Waals surface area contributed by atoms with Gasteiger partial charge in [0.2, 0.25) is 0 Å². The summed E-state index contributed by atoms with van der Waals surface area (Å²) >= 11 is 1.57. The predicted molar refractivity (Wildman–Crippen MR) is 121 cm³/mol. The summed E-state index contributed by atoms with van der Waals surface area (Å²) in [6, 6.07) is 28.0. The summed E-state index contributed by atoms with van der Waals surface area (Å²) in [5, 5.41) is 12.6. The van der Waals surface area contributed by atoms with E-state index in [2.05, 4.69) is 24.4 Å². The second-order valence-corrected chi connectivity index (χ2v) is 8.22. The normalized spacial score (nSPS) is 15.4. The lowest BCUT2D eigenvalue weighted by molar-refractivity contribution is -0.112. The van der Waals surface area contributed by atoms with Crippen molar-refractivity contribution >= 4 is 29.0 Å². The lowest BCUT2D eigenvalue weighted by atomic mass is 10.1. The van der Waals surface area contributed by atoms with Crippen LogP contribution in [0.5, 0.6) is 0 Å². The molecule has 5 heteroatoms. The van der Waals surface area contributed by atoms with Gasteiger partial charge in [0.15, 0.2) is 0 Å². The number of benzene rings is 3. The monoisotopic (exact) mass is 411 g/mol. The van der Waals surface area contributed by atoms with Crippen LogP contribution in [0, 0.1) is 11.3 Å². The molecule has 0 radical (unpaired) electrons. The van der Waals surface area contributed by atoms with Crippen LogP contribution >= 0.6 is 11.8 Å². The number of para-hydroxylation sites is 2. The van der Waals surface area contributed by atoms with Crippen LogP contribution in [0.3, 0.4) is 0 Å². The molecule has 1 atom stereocenters. The summed E-state index contributed by atoms with van der Waals surface area (Å²) in [7, 11) is 0. The summed E-state index contributed by atoms with van der Waals surface area (Å²) in [6.45, 7) is 2.09. The van der Waals surface area contributed by atoms with Gasteiger partial charge in [0.1, 0.15) is 11.6 Å². The smallest absolute Gasteiger partial charge is 0.267 e. The molecular weight excluding hydrogens is 390 g/mol. The Labute approximate surface area is 180 Å². The van der Waals surface area contributed by atoms with Crippen LogP contribution in [0.4, 0.5) is 11.4 Å². The molecular formula is C25H21N3OS. The maximum Gasteiger partial charge on any atom is 0.267 e. The van der Waals surface area contributed by atoms with E-state index in [-0.39, 0.29) is 11.6 Å². The first-order valence-corrected chi connectivity index (χ1v) is 10.6. The first-order chi connectivity index (χ1) is 14.7. The van der Waals surface area contributed by atoms with Crippen molar-refractivity contribution in [2.75, 3.05) is 10.2 Å². The molecule has 0 saturated heterocycles. The van der Waals surface area contributed by atoms with E-state index in [1.807, 2.05) is 77.7 Å². The zero-order valence-electron chi connectivity index (χ0n) is 16.6. The Bertz CT molecular complexity index is 1130. The maximum absolute atomic E-state index is 12.9. The quantitative estimate of drug-likeness (QED) is 0.436. The van der Waals surface area contributed by atoms with Gasteiger partial charge in [-0.1, -0.05) is 60.3 Å². The fourth-order valence-corrected chi connectivity index (χ4v) is 4.45. The molecule has 0 fully saturated rings. The second kappa shape index (κ2) is 8.89. The molecule has 0 aromatic heterocycles. The average Bonchev–Trinajstić information content (AvgIpc) is 3.09. The predicted octanol–water partition coefficient (Wildman–Crippen LogP) is 5.63. The lowest BCUT2D eigenvalue weighted by Gasteiger charge is -2.20. The zero-order valence-corrected chi connectivity index (χ0v) is 17.4. The van der Waals surface area contributed by atoms with Crippen LogP contribution < -0.4 is 10.2 Å². The summed E-state index contributed by atoms with van der Waals surface area (Å²) in [6.07, 6.45) is 2.56. The molecule has 1 amide bonds. The molecule has 1 unspecified atom stereocenters. The van der Waals surface area contributed by atoms with Gasteiger partial charge in [-0.05, 0) is 49.2 Å². The molecule has 3 aromatic rings. The van der Waals surface area contributed by atoms with E-state index in [0.717, 1.165) is 21.9 Å². The maximum atomic E-state index is 12.9. The van der Waals surface area contributed by atoms with Crippen molar-refractivity contribution in [2.45, 2.75) is 29.2 Å². The Balaban J connectivity index is 1.56. The van der Waals surface area contributed by atoms with Gasteiger partial charge in [-0.25, -0.2) is 0 Å². The van der Waals surface area contributed by atoms with Crippen molar-refractivity contribution in [3.8, 4) is 6.07 Å². The van der Waals surface area contributed by atoms with Crippen molar-refractivity contribution < 1.29 is 4.79 Å². The average molecular weight is 412 g/mol. The second-order valence-electron chi connectivity index (χ2n) is 7.11. The largest absolute Gasteiger partial charge is 0.343 e. The number of anilines is 2. The number of fused-ring (bicyclic) bond motifs is 1. The SMILES string of the molecule is CC1Cc2ccccc2N1/C=C(/C#N)C(=O)Nc1ccccc1Sc1ccccc1. The molecule has 1 aliphatic heterocycles. The van der Waals surface area contributed by atoms with Crippen LogP contribution in [0.1, 0.15) is 12.5 Å². The summed E-state index contributed by atoms with van der Waals surface area (Å²) in [5.74, 6) is -0.407. The van der Waals surface area contributed by atoms with Gasteiger partial charge in [-0.15, -0.1) is 0 Å². The third-order valence-electron chi connectivity index (χ3n) is 5.00. The molecule has 4 rings (SSSR count). The van der Waals surface area contributed by atoms with Crippen molar-refractivity contribution in [1.29, 1.82) is 5.26 Å². The van der Waals surface area contributed by atoms with Crippen molar-refractivity contribution in [3.63, 3.8) is 0 Å². The van der Waals surface area contributed by atoms with Crippen LogP contribution in [0.15, 0.2) is 100 Å². The molecule has 0 spiro atoms. The molecule has 0 aliphatic carbocycles. The Morgan fingerprint density at radius 2 is 1.77 bits per heavy atom. The molecule has 148 valence electrons. The number of carbonyl (C=O) groups excluding carboxylic acids is 1. The van der Waals surface area contributed by atoms with Gasteiger partial charge >= 0.3 is 0 Å². The van der Waals surface area contributed by atoms with Gasteiger partial charge in [-0.3, -0.25) is 4.79 Å². The Hall–Kier alpha value is -3.49. The number of rotatable bonds is 5. The highest BCUT2D eigenvalue weighted by molar-refractivity contribution is 7.99. The van der Waals surface area contributed by atoms with Gasteiger partial charge < -0.3 is 10.2 Å². The van der Waals surface area contributed by atoms with E-state index in [9.17, 15) is 10.1 Å². The minimum atomic E-state index is -0.407. The van der Waals surface area contributed by atoms with Gasteiger partial charge in [0.05, 0.1) is 5.69 Å². The molecule has 1 heterocycles. The van der Waals surface area contributed by atoms with E-state index < -0.39 is 5.91 Å². The first-order valence-electron chi connectivity index (χ1n) is 9.77. The fraction of sp³-hybridized carbons (Fsp3) is 0.120. The minimum Gasteiger partial charge on any atom is -0.343 e. The summed E-state index contributed by atoms with van der Waals surface area (Å²) < 4.78 is 0. The van der Waals surface area contributed by atoms with E-state index in [4.69, 9.17) is 0 Å². The van der Waals surface area contributed by atoms with Crippen LogP contribution in [0.2, 0.25) is 0 Å². The third kappa shape index (κ3) is 4.24. The van der Waals surface area contributed by atoms with Crippen LogP contribution in [-0.2, 0) is 11.2 Å². The zero-order chi connectivity index (χ0) is 20.9. The van der Waals surface area contributed by atoms with Crippen LogP contribution in [-0.4, -0.2) is 11.9 Å². The number of nitrogens with one attached hydrogen (secondary N) is 1. The highest BCUT2D eigenvalue weighted by Crippen LogP contribution is 2.34. The molecule has 3 aromatic carbocycles.